The Morgan fingerprint density at radius 3 is 2.54 bits per heavy atom. The van der Waals surface area contributed by atoms with E-state index in [1.54, 1.807) is 12.4 Å². The number of pyridine rings is 1. The number of nitrogens with zero attached hydrogens (tertiary/aromatic N) is 1. The van der Waals surface area contributed by atoms with E-state index in [4.69, 9.17) is 4.74 Å². The lowest BCUT2D eigenvalue weighted by Crippen LogP contribution is -2.26. The third-order valence-corrected chi connectivity index (χ3v) is 2.99. The number of carbonyl (C=O) groups excluding carboxylic acids is 1. The lowest BCUT2D eigenvalue weighted by atomic mass is 10.2. The lowest BCUT2D eigenvalue weighted by molar-refractivity contribution is -0.275. The molecule has 2 aromatic rings. The minimum Gasteiger partial charge on any atom is -0.445 e. The number of hydrogen-bond donors (Lipinski definition) is 1. The molecule has 0 aliphatic carbocycles. The van der Waals surface area contributed by atoms with Gasteiger partial charge in [0.05, 0.1) is 0 Å². The van der Waals surface area contributed by atoms with Gasteiger partial charge in [-0.25, -0.2) is 4.79 Å². The number of benzene rings is 1. The second-order valence-corrected chi connectivity index (χ2v) is 4.76. The Labute approximate surface area is 136 Å². The van der Waals surface area contributed by atoms with E-state index in [2.05, 4.69) is 15.0 Å². The van der Waals surface area contributed by atoms with Crippen LogP contribution in [-0.2, 0) is 17.8 Å². The van der Waals surface area contributed by atoms with Crippen molar-refractivity contribution < 1.29 is 27.4 Å². The quantitative estimate of drug-likeness (QED) is 0.875. The number of halogens is 3. The first kappa shape index (κ1) is 17.6. The summed E-state index contributed by atoms with van der Waals surface area (Å²) in [5, 5.41) is 2.52. The van der Waals surface area contributed by atoms with E-state index in [1.807, 2.05) is 12.1 Å². The summed E-state index contributed by atoms with van der Waals surface area (Å²) in [5.41, 5.74) is 1.12. The fourth-order valence-electron chi connectivity index (χ4n) is 1.90. The Bertz CT molecular complexity index is 663. The molecule has 1 aromatic carbocycles. The predicted molar refractivity (Wildman–Crippen MR) is 79.3 cm³/mol. The molecule has 0 saturated heterocycles. The van der Waals surface area contributed by atoms with E-state index in [9.17, 15) is 18.0 Å². The maximum absolute atomic E-state index is 12.3. The fraction of sp³-hybridized carbons (Fsp3) is 0.250. The van der Waals surface area contributed by atoms with Crippen LogP contribution in [0.2, 0.25) is 0 Å². The maximum atomic E-state index is 12.3. The maximum Gasteiger partial charge on any atom is 0.573 e. The summed E-state index contributed by atoms with van der Waals surface area (Å²) in [6.07, 6.45) is -1.64. The molecular weight excluding hydrogens is 325 g/mol. The normalized spacial score (nSPS) is 11.0. The lowest BCUT2D eigenvalue weighted by Gasteiger charge is -2.13. The molecule has 1 aromatic heterocycles. The van der Waals surface area contributed by atoms with Gasteiger partial charge in [-0.2, -0.15) is 0 Å². The highest BCUT2D eigenvalue weighted by Crippen LogP contribution is 2.26. The number of carbonyl (C=O) groups is 1. The van der Waals surface area contributed by atoms with Crippen LogP contribution in [0, 0.1) is 0 Å². The number of aromatic nitrogens is 1. The first-order valence-electron chi connectivity index (χ1n) is 7.07. The van der Waals surface area contributed by atoms with Crippen LogP contribution in [0.15, 0.2) is 48.8 Å². The molecule has 0 spiro atoms. The average molecular weight is 340 g/mol. The monoisotopic (exact) mass is 340 g/mol. The molecule has 0 unspecified atom stereocenters. The first-order valence-corrected chi connectivity index (χ1v) is 7.07. The second kappa shape index (κ2) is 8.19. The molecule has 0 aliphatic heterocycles. The zero-order chi connectivity index (χ0) is 17.4. The molecule has 0 saturated carbocycles. The van der Waals surface area contributed by atoms with Gasteiger partial charge in [0.25, 0.3) is 0 Å². The van der Waals surface area contributed by atoms with Crippen molar-refractivity contribution in [1.82, 2.24) is 10.3 Å². The topological polar surface area (TPSA) is 60.5 Å². The molecule has 8 heteroatoms. The molecule has 1 amide bonds. The standard InChI is InChI=1S/C16H15F3N2O3/c17-16(18,19)24-14-4-2-1-3-13(14)11-23-15(22)21-10-7-12-5-8-20-9-6-12/h1-6,8-9H,7,10-11H2,(H,21,22). The van der Waals surface area contributed by atoms with Crippen LogP contribution >= 0.6 is 0 Å². The number of alkyl halides is 3. The van der Waals surface area contributed by atoms with Gasteiger partial charge in [0.2, 0.25) is 0 Å². The third kappa shape index (κ3) is 6.15. The van der Waals surface area contributed by atoms with Gasteiger partial charge in [0.15, 0.2) is 0 Å². The van der Waals surface area contributed by atoms with E-state index in [0.29, 0.717) is 13.0 Å². The Kier molecular flexibility index (Phi) is 6.00. The van der Waals surface area contributed by atoms with E-state index in [-0.39, 0.29) is 12.2 Å². The summed E-state index contributed by atoms with van der Waals surface area (Å²) < 4.78 is 45.7. The van der Waals surface area contributed by atoms with Crippen molar-refractivity contribution in [2.45, 2.75) is 19.4 Å². The summed E-state index contributed by atoms with van der Waals surface area (Å²) in [5.74, 6) is -0.394. The van der Waals surface area contributed by atoms with Gasteiger partial charge in [-0.3, -0.25) is 4.98 Å². The number of nitrogens with one attached hydrogen (secondary N) is 1. The van der Waals surface area contributed by atoms with Crippen molar-refractivity contribution in [3.8, 4) is 5.75 Å². The van der Waals surface area contributed by atoms with Gasteiger partial charge in [0, 0.05) is 24.5 Å². The Morgan fingerprint density at radius 1 is 1.12 bits per heavy atom. The van der Waals surface area contributed by atoms with Gasteiger partial charge in [-0.1, -0.05) is 18.2 Å². The Morgan fingerprint density at radius 2 is 1.83 bits per heavy atom. The molecule has 24 heavy (non-hydrogen) atoms. The van der Waals surface area contributed by atoms with Crippen LogP contribution in [0.25, 0.3) is 0 Å². The van der Waals surface area contributed by atoms with Crippen molar-refractivity contribution in [3.63, 3.8) is 0 Å². The molecule has 0 aliphatic rings. The van der Waals surface area contributed by atoms with Crippen molar-refractivity contribution in [2.75, 3.05) is 6.54 Å². The van der Waals surface area contributed by atoms with Gasteiger partial charge >= 0.3 is 12.5 Å². The molecule has 128 valence electrons. The van der Waals surface area contributed by atoms with Crippen LogP contribution in [0.5, 0.6) is 5.75 Å². The number of alkyl carbamates (subject to hydrolysis) is 1. The van der Waals surface area contributed by atoms with Gasteiger partial charge in [0.1, 0.15) is 12.4 Å². The van der Waals surface area contributed by atoms with E-state index in [1.165, 1.54) is 18.2 Å². The number of amides is 1. The molecule has 1 heterocycles. The van der Waals surface area contributed by atoms with Gasteiger partial charge in [-0.05, 0) is 30.2 Å². The minimum absolute atomic E-state index is 0.124. The summed E-state index contributed by atoms with van der Waals surface area (Å²) in [6, 6.07) is 9.12. The zero-order valence-corrected chi connectivity index (χ0v) is 12.5. The third-order valence-electron chi connectivity index (χ3n) is 2.99. The molecule has 0 bridgehead atoms. The number of hydrogen-bond acceptors (Lipinski definition) is 4. The van der Waals surface area contributed by atoms with Crippen molar-refractivity contribution in [2.24, 2.45) is 0 Å². The average Bonchev–Trinajstić information content (AvgIpc) is 2.54. The van der Waals surface area contributed by atoms with Crippen LogP contribution in [0.4, 0.5) is 18.0 Å². The molecular formula is C16H15F3N2O3. The highest BCUT2D eigenvalue weighted by molar-refractivity contribution is 5.67. The molecule has 1 N–H and O–H groups in total. The predicted octanol–water partition coefficient (Wildman–Crippen LogP) is 3.45. The van der Waals surface area contributed by atoms with Gasteiger partial charge in [-0.15, -0.1) is 13.2 Å². The largest absolute Gasteiger partial charge is 0.573 e. The Hall–Kier alpha value is -2.77. The summed E-state index contributed by atoms with van der Waals surface area (Å²) >= 11 is 0. The van der Waals surface area contributed by atoms with Crippen LogP contribution in [0.1, 0.15) is 11.1 Å². The minimum atomic E-state index is -4.80. The van der Waals surface area contributed by atoms with E-state index in [0.717, 1.165) is 11.6 Å². The highest BCUT2D eigenvalue weighted by atomic mass is 19.4. The molecule has 0 radical (unpaired) electrons. The molecule has 5 nitrogen and oxygen atoms in total. The first-order chi connectivity index (χ1) is 11.4. The van der Waals surface area contributed by atoms with E-state index < -0.39 is 18.2 Å². The van der Waals surface area contributed by atoms with Crippen LogP contribution in [0.3, 0.4) is 0 Å². The Balaban J connectivity index is 1.79. The number of ether oxygens (including phenoxy) is 2. The van der Waals surface area contributed by atoms with Gasteiger partial charge < -0.3 is 14.8 Å². The molecule has 0 atom stereocenters. The van der Waals surface area contributed by atoms with Crippen LogP contribution < -0.4 is 10.1 Å². The number of rotatable bonds is 6. The zero-order valence-electron chi connectivity index (χ0n) is 12.5. The van der Waals surface area contributed by atoms with Crippen LogP contribution in [-0.4, -0.2) is 24.0 Å². The van der Waals surface area contributed by atoms with E-state index >= 15 is 0 Å². The van der Waals surface area contributed by atoms with Crippen molar-refractivity contribution in [1.29, 1.82) is 0 Å². The SMILES string of the molecule is O=C(NCCc1ccncc1)OCc1ccccc1OC(F)(F)F. The smallest absolute Gasteiger partial charge is 0.445 e. The van der Waals surface area contributed by atoms with Crippen molar-refractivity contribution >= 4 is 6.09 Å². The number of para-hydroxylation sites is 1. The molecule has 0 fully saturated rings. The second-order valence-electron chi connectivity index (χ2n) is 4.76. The molecule has 2 rings (SSSR count). The summed E-state index contributed by atoms with van der Waals surface area (Å²) in [7, 11) is 0. The fourth-order valence-corrected chi connectivity index (χ4v) is 1.90. The van der Waals surface area contributed by atoms with Crippen molar-refractivity contribution in [3.05, 3.63) is 59.9 Å². The summed E-state index contributed by atoms with van der Waals surface area (Å²) in [4.78, 5) is 15.5. The summed E-state index contributed by atoms with van der Waals surface area (Å²) in [6.45, 7) is 0.0108. The highest BCUT2D eigenvalue weighted by Gasteiger charge is 2.32.